The lowest BCUT2D eigenvalue weighted by molar-refractivity contribution is 0.174. The van der Waals surface area contributed by atoms with Gasteiger partial charge in [0.25, 0.3) is 0 Å². The van der Waals surface area contributed by atoms with Crippen LogP contribution in [0.1, 0.15) is 31.0 Å². The number of fused-ring (bicyclic) bond motifs is 1. The maximum Gasteiger partial charge on any atom is 0.416 e. The van der Waals surface area contributed by atoms with Crippen molar-refractivity contribution in [1.29, 1.82) is 0 Å². The van der Waals surface area contributed by atoms with E-state index in [0.717, 1.165) is 27.6 Å². The second-order valence-corrected chi connectivity index (χ2v) is 8.61. The van der Waals surface area contributed by atoms with Crippen molar-refractivity contribution in [3.63, 3.8) is 0 Å². The molecule has 0 aliphatic carbocycles. The fraction of sp³-hybridized carbons (Fsp3) is 0.222. The van der Waals surface area contributed by atoms with E-state index >= 15 is 0 Å². The number of benzene rings is 3. The molecule has 7 heteroatoms. The minimum Gasteiger partial charge on any atom is -0.497 e. The van der Waals surface area contributed by atoms with E-state index < -0.39 is 11.6 Å². The molecule has 0 spiro atoms. The Morgan fingerprint density at radius 2 is 1.82 bits per heavy atom. The van der Waals surface area contributed by atoms with Crippen molar-refractivity contribution in [3.05, 3.63) is 90.1 Å². The van der Waals surface area contributed by atoms with Crippen LogP contribution in [0.15, 0.2) is 79.0 Å². The second-order valence-electron chi connectivity index (χ2n) is 8.61. The third kappa shape index (κ3) is 3.90. The summed E-state index contributed by atoms with van der Waals surface area (Å²) < 4.78 is 10.8. The summed E-state index contributed by atoms with van der Waals surface area (Å²) in [4.78, 5) is 23.4. The minimum atomic E-state index is -0.658. The summed E-state index contributed by atoms with van der Waals surface area (Å²) in [5, 5.41) is 5.60. The number of rotatable bonds is 6. The van der Waals surface area contributed by atoms with Crippen LogP contribution in [0.5, 0.6) is 5.75 Å². The normalized spacial score (nSPS) is 18.6. The first-order valence-electron chi connectivity index (χ1n) is 11.2. The van der Waals surface area contributed by atoms with Gasteiger partial charge in [-0.3, -0.25) is 0 Å². The van der Waals surface area contributed by atoms with Gasteiger partial charge in [0.15, 0.2) is 0 Å². The third-order valence-electron chi connectivity index (χ3n) is 6.34. The van der Waals surface area contributed by atoms with E-state index in [4.69, 9.17) is 9.47 Å². The van der Waals surface area contributed by atoms with Crippen LogP contribution in [0, 0.1) is 0 Å². The molecule has 1 amide bonds. The lowest BCUT2D eigenvalue weighted by Gasteiger charge is -2.31. The molecule has 1 aromatic heterocycles. The van der Waals surface area contributed by atoms with Gasteiger partial charge >= 0.3 is 6.09 Å². The maximum atomic E-state index is 12.7. The Bertz CT molecular complexity index is 1340. The molecule has 2 heterocycles. The van der Waals surface area contributed by atoms with Gasteiger partial charge in [0.05, 0.1) is 13.2 Å². The number of ether oxygens (including phenoxy) is 2. The number of carbonyl (C=O) groups is 1. The van der Waals surface area contributed by atoms with Gasteiger partial charge in [-0.25, -0.2) is 14.7 Å². The highest BCUT2D eigenvalue weighted by Crippen LogP contribution is 2.37. The van der Waals surface area contributed by atoms with Crippen molar-refractivity contribution in [2.24, 2.45) is 0 Å². The molecule has 1 saturated heterocycles. The standard InChI is InChI=1S/C27H26N4O3/c1-18(19-9-10-21-16-23(33-3)12-11-20(21)15-19)29-25-28-14-13-24(30-25)31-26(32)34-17-27(31,2)22-7-5-4-6-8-22/h4-16,18H,17H2,1-3H3,(H,28,29,30)/t18-,27?/m0/s1. The number of methoxy groups -OCH3 is 1. The second kappa shape index (κ2) is 8.67. The van der Waals surface area contributed by atoms with Gasteiger partial charge in [-0.2, -0.15) is 4.98 Å². The lowest BCUT2D eigenvalue weighted by atomic mass is 9.92. The Morgan fingerprint density at radius 1 is 1.06 bits per heavy atom. The monoisotopic (exact) mass is 454 g/mol. The number of aromatic nitrogens is 2. The molecule has 1 N–H and O–H groups in total. The van der Waals surface area contributed by atoms with Crippen LogP contribution in [0.3, 0.4) is 0 Å². The van der Waals surface area contributed by atoms with Crippen molar-refractivity contribution in [3.8, 4) is 5.75 Å². The van der Waals surface area contributed by atoms with Crippen LogP contribution < -0.4 is 15.0 Å². The molecule has 4 aromatic rings. The van der Waals surface area contributed by atoms with Crippen LogP contribution in [0.4, 0.5) is 16.6 Å². The van der Waals surface area contributed by atoms with Crippen LogP contribution in [-0.4, -0.2) is 29.8 Å². The molecule has 1 unspecified atom stereocenters. The number of carbonyl (C=O) groups excluding carboxylic acids is 1. The number of nitrogens with zero attached hydrogens (tertiary/aromatic N) is 3. The number of cyclic esters (lactones) is 1. The summed E-state index contributed by atoms with van der Waals surface area (Å²) in [6, 6.07) is 23.8. The van der Waals surface area contributed by atoms with E-state index in [2.05, 4.69) is 40.4 Å². The van der Waals surface area contributed by atoms with Crippen molar-refractivity contribution < 1.29 is 14.3 Å². The fourth-order valence-corrected chi connectivity index (χ4v) is 4.35. The smallest absolute Gasteiger partial charge is 0.416 e. The molecule has 5 rings (SSSR count). The molecule has 34 heavy (non-hydrogen) atoms. The highest BCUT2D eigenvalue weighted by Gasteiger charge is 2.46. The zero-order valence-electron chi connectivity index (χ0n) is 19.4. The number of hydrogen-bond acceptors (Lipinski definition) is 6. The molecular weight excluding hydrogens is 428 g/mol. The van der Waals surface area contributed by atoms with Crippen molar-refractivity contribution in [2.45, 2.75) is 25.4 Å². The Balaban J connectivity index is 1.41. The first kappa shape index (κ1) is 21.7. The molecular formula is C27H26N4O3. The Hall–Kier alpha value is -4.13. The van der Waals surface area contributed by atoms with E-state index in [1.54, 1.807) is 24.3 Å². The zero-order chi connectivity index (χ0) is 23.7. The Morgan fingerprint density at radius 3 is 2.62 bits per heavy atom. The average molecular weight is 455 g/mol. The van der Waals surface area contributed by atoms with Crippen LogP contribution >= 0.6 is 0 Å². The van der Waals surface area contributed by atoms with Gasteiger partial charge in [0, 0.05) is 6.20 Å². The summed E-state index contributed by atoms with van der Waals surface area (Å²) >= 11 is 0. The largest absolute Gasteiger partial charge is 0.497 e. The average Bonchev–Trinajstić information content (AvgIpc) is 3.19. The van der Waals surface area contributed by atoms with Gasteiger partial charge in [-0.15, -0.1) is 0 Å². The van der Waals surface area contributed by atoms with Crippen LogP contribution in [-0.2, 0) is 10.3 Å². The van der Waals surface area contributed by atoms with Gasteiger partial charge in [-0.1, -0.05) is 48.5 Å². The number of anilines is 2. The predicted octanol–water partition coefficient (Wildman–Crippen LogP) is 5.68. The quantitative estimate of drug-likeness (QED) is 0.404. The molecule has 0 radical (unpaired) electrons. The van der Waals surface area contributed by atoms with E-state index in [1.807, 2.05) is 55.5 Å². The van der Waals surface area contributed by atoms with Gasteiger partial charge in [0.1, 0.15) is 23.7 Å². The molecule has 2 atom stereocenters. The topological polar surface area (TPSA) is 76.6 Å². The zero-order valence-corrected chi connectivity index (χ0v) is 19.4. The molecule has 0 bridgehead atoms. The first-order valence-corrected chi connectivity index (χ1v) is 11.2. The van der Waals surface area contributed by atoms with Gasteiger partial charge in [-0.05, 0) is 60.0 Å². The van der Waals surface area contributed by atoms with Crippen molar-refractivity contribution in [2.75, 3.05) is 23.9 Å². The molecule has 1 aliphatic heterocycles. The van der Waals surface area contributed by atoms with Crippen molar-refractivity contribution in [1.82, 2.24) is 9.97 Å². The molecule has 172 valence electrons. The lowest BCUT2D eigenvalue weighted by Crippen LogP contribution is -2.42. The number of hydrogen-bond donors (Lipinski definition) is 1. The summed E-state index contributed by atoms with van der Waals surface area (Å²) in [6.07, 6.45) is 1.23. The van der Waals surface area contributed by atoms with E-state index in [9.17, 15) is 4.79 Å². The summed E-state index contributed by atoms with van der Waals surface area (Å²) in [7, 11) is 1.67. The summed E-state index contributed by atoms with van der Waals surface area (Å²) in [5.41, 5.74) is 1.42. The van der Waals surface area contributed by atoms with E-state index in [0.29, 0.717) is 11.8 Å². The number of nitrogens with one attached hydrogen (secondary N) is 1. The fourth-order valence-electron chi connectivity index (χ4n) is 4.35. The molecule has 1 aliphatic rings. The molecule has 0 saturated carbocycles. The predicted molar refractivity (Wildman–Crippen MR) is 132 cm³/mol. The van der Waals surface area contributed by atoms with Gasteiger partial charge in [0.2, 0.25) is 5.95 Å². The highest BCUT2D eigenvalue weighted by molar-refractivity contribution is 5.91. The van der Waals surface area contributed by atoms with Crippen LogP contribution in [0.2, 0.25) is 0 Å². The minimum absolute atomic E-state index is 0.0483. The number of amides is 1. The van der Waals surface area contributed by atoms with E-state index in [-0.39, 0.29) is 12.6 Å². The van der Waals surface area contributed by atoms with E-state index in [1.165, 1.54) is 0 Å². The Labute approximate surface area is 198 Å². The van der Waals surface area contributed by atoms with Crippen molar-refractivity contribution >= 4 is 28.6 Å². The third-order valence-corrected chi connectivity index (χ3v) is 6.34. The SMILES string of the molecule is COc1ccc2cc([C@H](C)Nc3nccc(N4C(=O)OCC4(C)c4ccccc4)n3)ccc2c1. The molecule has 1 fully saturated rings. The molecule has 7 nitrogen and oxygen atoms in total. The van der Waals surface area contributed by atoms with Crippen LogP contribution in [0.25, 0.3) is 10.8 Å². The maximum absolute atomic E-state index is 12.7. The van der Waals surface area contributed by atoms with Gasteiger partial charge < -0.3 is 14.8 Å². The molecule has 3 aromatic carbocycles. The Kier molecular flexibility index (Phi) is 5.53. The summed E-state index contributed by atoms with van der Waals surface area (Å²) in [6.45, 7) is 4.29. The first-order chi connectivity index (χ1) is 16.5. The highest BCUT2D eigenvalue weighted by atomic mass is 16.6. The summed E-state index contributed by atoms with van der Waals surface area (Å²) in [5.74, 6) is 1.76.